The van der Waals surface area contributed by atoms with Gasteiger partial charge in [-0.3, -0.25) is 9.79 Å². The second kappa shape index (κ2) is 10.2. The zero-order valence-electron chi connectivity index (χ0n) is 14.7. The summed E-state index contributed by atoms with van der Waals surface area (Å²) in [4.78, 5) is 25.2. The van der Waals surface area contributed by atoms with E-state index in [1.54, 1.807) is 6.20 Å². The molecule has 1 aliphatic heterocycles. The molecule has 0 bridgehead atoms. The zero-order valence-corrected chi connectivity index (χ0v) is 14.7. The first kappa shape index (κ1) is 18.6. The summed E-state index contributed by atoms with van der Waals surface area (Å²) in [6.07, 6.45) is 7.43. The lowest BCUT2D eigenvalue weighted by atomic mass is 10.2. The Morgan fingerprint density at radius 2 is 2.12 bits per heavy atom. The van der Waals surface area contributed by atoms with Crippen molar-refractivity contribution in [1.82, 2.24) is 20.5 Å². The second-order valence-electron chi connectivity index (χ2n) is 5.62. The molecule has 25 heavy (non-hydrogen) atoms. The number of amides is 1. The van der Waals surface area contributed by atoms with Crippen LogP contribution in [0.3, 0.4) is 0 Å². The van der Waals surface area contributed by atoms with Crippen LogP contribution in [0.15, 0.2) is 29.4 Å². The molecule has 1 fully saturated rings. The van der Waals surface area contributed by atoms with Crippen molar-refractivity contribution in [2.24, 2.45) is 4.99 Å². The number of piperazine rings is 1. The molecule has 0 saturated carbocycles. The Bertz CT molecular complexity index is 602. The molecular weight excluding hydrogens is 316 g/mol. The number of nitrogens with one attached hydrogen (secondary N) is 2. The minimum atomic E-state index is 0.136. The molecule has 2 rings (SSSR count). The van der Waals surface area contributed by atoms with E-state index in [0.717, 1.165) is 25.5 Å². The van der Waals surface area contributed by atoms with Gasteiger partial charge in [0.25, 0.3) is 0 Å². The van der Waals surface area contributed by atoms with Gasteiger partial charge in [0.05, 0.1) is 13.1 Å². The van der Waals surface area contributed by atoms with Crippen LogP contribution in [0, 0.1) is 12.3 Å². The number of guanidine groups is 1. The van der Waals surface area contributed by atoms with Crippen LogP contribution in [-0.4, -0.2) is 67.6 Å². The largest absolute Gasteiger partial charge is 0.357 e. The SMILES string of the molecule is C#CCNC(=NCCC(=O)N1CCN(c2ccccn2)CC1)NCC. The van der Waals surface area contributed by atoms with Gasteiger partial charge in [-0.05, 0) is 19.1 Å². The summed E-state index contributed by atoms with van der Waals surface area (Å²) in [5.41, 5.74) is 0. The molecule has 0 aromatic carbocycles. The van der Waals surface area contributed by atoms with Crippen LogP contribution in [-0.2, 0) is 4.79 Å². The normalized spacial score (nSPS) is 14.8. The number of carbonyl (C=O) groups excluding carboxylic acids is 1. The van der Waals surface area contributed by atoms with Crippen molar-refractivity contribution in [3.8, 4) is 12.3 Å². The molecule has 2 heterocycles. The van der Waals surface area contributed by atoms with E-state index in [9.17, 15) is 4.79 Å². The van der Waals surface area contributed by atoms with Crippen LogP contribution in [0.4, 0.5) is 5.82 Å². The van der Waals surface area contributed by atoms with Gasteiger partial charge in [-0.15, -0.1) is 6.42 Å². The number of pyridine rings is 1. The number of hydrogen-bond acceptors (Lipinski definition) is 4. The third-order valence-corrected chi connectivity index (χ3v) is 3.90. The van der Waals surface area contributed by atoms with E-state index in [1.807, 2.05) is 30.0 Å². The van der Waals surface area contributed by atoms with E-state index in [2.05, 4.69) is 31.4 Å². The maximum absolute atomic E-state index is 12.3. The molecule has 0 radical (unpaired) electrons. The lowest BCUT2D eigenvalue weighted by Gasteiger charge is -2.35. The van der Waals surface area contributed by atoms with Crippen LogP contribution >= 0.6 is 0 Å². The molecule has 0 aliphatic carbocycles. The third-order valence-electron chi connectivity index (χ3n) is 3.90. The number of aliphatic imine (C=N–C) groups is 1. The van der Waals surface area contributed by atoms with Crippen LogP contribution in [0.5, 0.6) is 0 Å². The summed E-state index contributed by atoms with van der Waals surface area (Å²) in [6, 6.07) is 5.88. The molecule has 1 saturated heterocycles. The highest BCUT2D eigenvalue weighted by Crippen LogP contribution is 2.12. The topological polar surface area (TPSA) is 72.9 Å². The summed E-state index contributed by atoms with van der Waals surface area (Å²) < 4.78 is 0. The van der Waals surface area contributed by atoms with Crippen LogP contribution in [0.1, 0.15) is 13.3 Å². The van der Waals surface area contributed by atoms with Crippen molar-refractivity contribution in [2.75, 3.05) is 50.7 Å². The van der Waals surface area contributed by atoms with Gasteiger partial charge in [0.1, 0.15) is 5.82 Å². The first-order valence-corrected chi connectivity index (χ1v) is 8.64. The maximum Gasteiger partial charge on any atom is 0.224 e. The molecule has 0 spiro atoms. The maximum atomic E-state index is 12.3. The van der Waals surface area contributed by atoms with Crippen molar-refractivity contribution in [1.29, 1.82) is 0 Å². The molecular formula is C18H26N6O. The Morgan fingerprint density at radius 3 is 2.76 bits per heavy atom. The van der Waals surface area contributed by atoms with Crippen molar-refractivity contribution >= 4 is 17.7 Å². The van der Waals surface area contributed by atoms with E-state index in [-0.39, 0.29) is 5.91 Å². The molecule has 1 amide bonds. The lowest BCUT2D eigenvalue weighted by molar-refractivity contribution is -0.131. The molecule has 134 valence electrons. The molecule has 2 N–H and O–H groups in total. The highest BCUT2D eigenvalue weighted by molar-refractivity contribution is 5.81. The summed E-state index contributed by atoms with van der Waals surface area (Å²) in [6.45, 7) is 6.63. The Balaban J connectivity index is 1.75. The predicted molar refractivity (Wildman–Crippen MR) is 100 cm³/mol. The van der Waals surface area contributed by atoms with Crippen molar-refractivity contribution in [2.45, 2.75) is 13.3 Å². The highest BCUT2D eigenvalue weighted by atomic mass is 16.2. The smallest absolute Gasteiger partial charge is 0.224 e. The van der Waals surface area contributed by atoms with Crippen LogP contribution < -0.4 is 15.5 Å². The van der Waals surface area contributed by atoms with E-state index in [4.69, 9.17) is 6.42 Å². The molecule has 7 nitrogen and oxygen atoms in total. The van der Waals surface area contributed by atoms with E-state index in [1.165, 1.54) is 0 Å². The Kier molecular flexibility index (Phi) is 7.57. The number of rotatable bonds is 6. The zero-order chi connectivity index (χ0) is 17.9. The van der Waals surface area contributed by atoms with Crippen molar-refractivity contribution in [3.63, 3.8) is 0 Å². The number of anilines is 1. The van der Waals surface area contributed by atoms with Gasteiger partial charge >= 0.3 is 0 Å². The number of carbonyl (C=O) groups is 1. The highest BCUT2D eigenvalue weighted by Gasteiger charge is 2.21. The van der Waals surface area contributed by atoms with Crippen LogP contribution in [0.25, 0.3) is 0 Å². The van der Waals surface area contributed by atoms with E-state index in [0.29, 0.717) is 38.6 Å². The summed E-state index contributed by atoms with van der Waals surface area (Å²) >= 11 is 0. The first-order chi connectivity index (χ1) is 12.2. The van der Waals surface area contributed by atoms with Gasteiger partial charge in [-0.2, -0.15) is 0 Å². The van der Waals surface area contributed by atoms with E-state index < -0.39 is 0 Å². The fourth-order valence-electron chi connectivity index (χ4n) is 2.62. The lowest BCUT2D eigenvalue weighted by Crippen LogP contribution is -2.49. The quantitative estimate of drug-likeness (QED) is 0.442. The number of terminal acetylenes is 1. The standard InChI is InChI=1S/C18H26N6O/c1-3-9-21-18(19-4-2)22-11-8-17(25)24-14-12-23(13-15-24)16-7-5-6-10-20-16/h1,5-7,10H,4,8-9,11-15H2,2H3,(H2,19,21,22). The molecule has 0 unspecified atom stereocenters. The van der Waals surface area contributed by atoms with Gasteiger partial charge < -0.3 is 20.4 Å². The number of hydrogen-bond donors (Lipinski definition) is 2. The predicted octanol–water partition coefficient (Wildman–Crippen LogP) is 0.309. The fourth-order valence-corrected chi connectivity index (χ4v) is 2.62. The van der Waals surface area contributed by atoms with E-state index >= 15 is 0 Å². The number of aromatic nitrogens is 1. The average Bonchev–Trinajstić information content (AvgIpc) is 2.67. The third kappa shape index (κ3) is 5.99. The van der Waals surface area contributed by atoms with Gasteiger partial charge in [0.2, 0.25) is 5.91 Å². The average molecular weight is 342 g/mol. The van der Waals surface area contributed by atoms with Crippen molar-refractivity contribution in [3.05, 3.63) is 24.4 Å². The van der Waals surface area contributed by atoms with Gasteiger partial charge in [0, 0.05) is 45.3 Å². The van der Waals surface area contributed by atoms with Gasteiger partial charge in [-0.25, -0.2) is 4.98 Å². The summed E-state index contributed by atoms with van der Waals surface area (Å²) in [5.74, 6) is 4.26. The fraction of sp³-hybridized carbons (Fsp3) is 0.500. The monoisotopic (exact) mass is 342 g/mol. The van der Waals surface area contributed by atoms with Gasteiger partial charge in [0.15, 0.2) is 5.96 Å². The number of nitrogens with zero attached hydrogens (tertiary/aromatic N) is 4. The Morgan fingerprint density at radius 1 is 1.32 bits per heavy atom. The molecule has 0 atom stereocenters. The minimum Gasteiger partial charge on any atom is -0.357 e. The second-order valence-corrected chi connectivity index (χ2v) is 5.62. The summed E-state index contributed by atoms with van der Waals surface area (Å²) in [5, 5.41) is 6.11. The van der Waals surface area contributed by atoms with Gasteiger partial charge in [-0.1, -0.05) is 12.0 Å². The Hall–Kier alpha value is -2.75. The molecule has 1 aromatic heterocycles. The minimum absolute atomic E-state index is 0.136. The molecule has 1 aliphatic rings. The molecule has 1 aromatic rings. The molecule has 7 heteroatoms. The van der Waals surface area contributed by atoms with Crippen LogP contribution in [0.2, 0.25) is 0 Å². The first-order valence-electron chi connectivity index (χ1n) is 8.64. The Labute approximate surface area is 149 Å². The summed E-state index contributed by atoms with van der Waals surface area (Å²) in [7, 11) is 0. The van der Waals surface area contributed by atoms with Crippen molar-refractivity contribution < 1.29 is 4.79 Å².